The molecule has 0 radical (unpaired) electrons. The molecular formula is C18H32O2. The zero-order valence-electron chi connectivity index (χ0n) is 13.4. The van der Waals surface area contributed by atoms with Crippen LogP contribution in [0, 0.1) is 5.41 Å². The van der Waals surface area contributed by atoms with Crippen molar-refractivity contribution in [1.82, 2.24) is 0 Å². The highest BCUT2D eigenvalue weighted by Gasteiger charge is 2.36. The van der Waals surface area contributed by atoms with Crippen molar-refractivity contribution in [3.63, 3.8) is 0 Å². The summed E-state index contributed by atoms with van der Waals surface area (Å²) in [4.78, 5) is 0. The van der Waals surface area contributed by atoms with E-state index < -0.39 is 0 Å². The van der Waals surface area contributed by atoms with Crippen LogP contribution in [0.1, 0.15) is 58.8 Å². The average molecular weight is 280 g/mol. The Morgan fingerprint density at radius 3 is 2.15 bits per heavy atom. The van der Waals surface area contributed by atoms with Crippen molar-refractivity contribution in [2.75, 3.05) is 26.4 Å². The van der Waals surface area contributed by atoms with E-state index in [0.717, 1.165) is 52.1 Å². The van der Waals surface area contributed by atoms with Gasteiger partial charge in [0.15, 0.2) is 0 Å². The van der Waals surface area contributed by atoms with Gasteiger partial charge in [0.2, 0.25) is 0 Å². The summed E-state index contributed by atoms with van der Waals surface area (Å²) in [6.07, 6.45) is 17.5. The minimum absolute atomic E-state index is 0.326. The Morgan fingerprint density at radius 2 is 1.60 bits per heavy atom. The quantitative estimate of drug-likeness (QED) is 0.374. The first-order valence-corrected chi connectivity index (χ1v) is 8.28. The molecule has 1 aliphatic rings. The van der Waals surface area contributed by atoms with Gasteiger partial charge in [-0.1, -0.05) is 51.0 Å². The molecular weight excluding hydrogens is 248 g/mol. The molecule has 20 heavy (non-hydrogen) atoms. The molecule has 0 N–H and O–H groups in total. The predicted octanol–water partition coefficient (Wildman–Crippen LogP) is 4.90. The van der Waals surface area contributed by atoms with E-state index in [4.69, 9.17) is 9.47 Å². The van der Waals surface area contributed by atoms with Crippen molar-refractivity contribution in [3.8, 4) is 0 Å². The van der Waals surface area contributed by atoms with E-state index in [-0.39, 0.29) is 0 Å². The first kappa shape index (κ1) is 17.5. The van der Waals surface area contributed by atoms with Crippen molar-refractivity contribution >= 4 is 0 Å². The lowest BCUT2D eigenvalue weighted by molar-refractivity contribution is -0.149. The molecule has 0 amide bonds. The number of hydrogen-bond donors (Lipinski definition) is 0. The molecule has 1 fully saturated rings. The van der Waals surface area contributed by atoms with E-state index in [0.29, 0.717) is 5.41 Å². The van der Waals surface area contributed by atoms with Gasteiger partial charge in [0.25, 0.3) is 0 Å². The number of ether oxygens (including phenoxy) is 2. The van der Waals surface area contributed by atoms with E-state index in [1.54, 1.807) is 0 Å². The molecule has 1 rings (SSSR count). The van der Waals surface area contributed by atoms with Gasteiger partial charge < -0.3 is 9.47 Å². The van der Waals surface area contributed by atoms with Gasteiger partial charge in [-0.3, -0.25) is 0 Å². The fourth-order valence-electron chi connectivity index (χ4n) is 2.21. The molecule has 1 saturated heterocycles. The topological polar surface area (TPSA) is 18.5 Å². The molecule has 0 aromatic rings. The second-order valence-corrected chi connectivity index (χ2v) is 5.85. The van der Waals surface area contributed by atoms with E-state index in [9.17, 15) is 0 Å². The van der Waals surface area contributed by atoms with Crippen molar-refractivity contribution in [2.45, 2.75) is 58.8 Å². The fourth-order valence-corrected chi connectivity index (χ4v) is 2.21. The molecule has 2 heteroatoms. The molecule has 1 aliphatic heterocycles. The first-order chi connectivity index (χ1) is 9.83. The monoisotopic (exact) mass is 280 g/mol. The van der Waals surface area contributed by atoms with Crippen molar-refractivity contribution in [3.05, 3.63) is 24.3 Å². The zero-order valence-corrected chi connectivity index (χ0v) is 13.4. The van der Waals surface area contributed by atoms with E-state index in [2.05, 4.69) is 38.2 Å². The van der Waals surface area contributed by atoms with Crippen LogP contribution in [0.2, 0.25) is 0 Å². The van der Waals surface area contributed by atoms with Crippen molar-refractivity contribution in [2.24, 2.45) is 5.41 Å². The molecule has 0 spiro atoms. The summed E-state index contributed by atoms with van der Waals surface area (Å²) in [5, 5.41) is 0. The van der Waals surface area contributed by atoms with Gasteiger partial charge in [0, 0.05) is 5.41 Å². The largest absolute Gasteiger partial charge is 0.380 e. The Labute approximate surface area is 125 Å². The van der Waals surface area contributed by atoms with Crippen molar-refractivity contribution in [1.29, 1.82) is 0 Å². The lowest BCUT2D eigenvalue weighted by atomic mass is 9.84. The van der Waals surface area contributed by atoms with Crippen LogP contribution in [0.5, 0.6) is 0 Å². The number of allylic oxidation sites excluding steroid dienone is 3. The normalized spacial score (nSPS) is 17.9. The van der Waals surface area contributed by atoms with Gasteiger partial charge >= 0.3 is 0 Å². The highest BCUT2D eigenvalue weighted by Crippen LogP contribution is 2.31. The summed E-state index contributed by atoms with van der Waals surface area (Å²) >= 11 is 0. The summed E-state index contributed by atoms with van der Waals surface area (Å²) in [6.45, 7) is 7.91. The summed E-state index contributed by atoms with van der Waals surface area (Å²) in [6, 6.07) is 0. The van der Waals surface area contributed by atoms with Crippen LogP contribution < -0.4 is 0 Å². The van der Waals surface area contributed by atoms with Crippen LogP contribution in [0.15, 0.2) is 24.3 Å². The Balaban J connectivity index is 1.88. The molecule has 0 aromatic heterocycles. The van der Waals surface area contributed by atoms with Crippen LogP contribution in [-0.4, -0.2) is 26.4 Å². The number of hydrogen-bond acceptors (Lipinski definition) is 2. The zero-order chi connectivity index (χ0) is 14.5. The molecule has 116 valence electrons. The molecule has 0 unspecified atom stereocenters. The summed E-state index contributed by atoms with van der Waals surface area (Å²) in [7, 11) is 0. The average Bonchev–Trinajstić information content (AvgIpc) is 2.42. The minimum Gasteiger partial charge on any atom is -0.380 e. The third kappa shape index (κ3) is 7.25. The predicted molar refractivity (Wildman–Crippen MR) is 86.0 cm³/mol. The highest BCUT2D eigenvalue weighted by molar-refractivity contribution is 4.88. The van der Waals surface area contributed by atoms with E-state index >= 15 is 0 Å². The van der Waals surface area contributed by atoms with Crippen LogP contribution in [-0.2, 0) is 9.47 Å². The smallest absolute Gasteiger partial charge is 0.0566 e. The van der Waals surface area contributed by atoms with Gasteiger partial charge in [-0.15, -0.1) is 0 Å². The maximum absolute atomic E-state index is 5.76. The van der Waals surface area contributed by atoms with Gasteiger partial charge in [0.05, 0.1) is 26.4 Å². The third-order valence-electron chi connectivity index (χ3n) is 3.96. The van der Waals surface area contributed by atoms with Crippen LogP contribution in [0.3, 0.4) is 0 Å². The Hall–Kier alpha value is -0.600. The molecule has 0 bridgehead atoms. The van der Waals surface area contributed by atoms with Crippen LogP contribution >= 0.6 is 0 Å². The molecule has 0 saturated carbocycles. The van der Waals surface area contributed by atoms with Crippen LogP contribution in [0.4, 0.5) is 0 Å². The van der Waals surface area contributed by atoms with E-state index in [1.807, 2.05) is 0 Å². The Bertz CT molecular complexity index is 272. The van der Waals surface area contributed by atoms with Crippen LogP contribution in [0.25, 0.3) is 0 Å². The summed E-state index contributed by atoms with van der Waals surface area (Å²) in [5.41, 5.74) is 0.326. The third-order valence-corrected chi connectivity index (χ3v) is 3.96. The Morgan fingerprint density at radius 1 is 0.950 bits per heavy atom. The van der Waals surface area contributed by atoms with E-state index in [1.165, 1.54) is 19.3 Å². The maximum atomic E-state index is 5.76. The lowest BCUT2D eigenvalue weighted by Crippen LogP contribution is -2.45. The molecule has 1 heterocycles. The van der Waals surface area contributed by atoms with Crippen molar-refractivity contribution < 1.29 is 9.47 Å². The molecule has 2 nitrogen and oxygen atoms in total. The number of unbranched alkanes of at least 4 members (excludes halogenated alkanes) is 3. The summed E-state index contributed by atoms with van der Waals surface area (Å²) < 4.78 is 11.0. The number of rotatable bonds is 12. The highest BCUT2D eigenvalue weighted by atomic mass is 16.5. The fraction of sp³-hybridized carbons (Fsp3) is 0.778. The second kappa shape index (κ2) is 11.1. The van der Waals surface area contributed by atoms with Gasteiger partial charge in [-0.2, -0.15) is 0 Å². The van der Waals surface area contributed by atoms with Gasteiger partial charge in [-0.25, -0.2) is 0 Å². The standard InChI is InChI=1S/C18H32O2/c1-3-5-6-7-8-9-10-11-12-13-14-19-15-18(4-2)16-20-17-18/h7-8,11-12H,3-6,9-10,13-17H2,1-2H3. The summed E-state index contributed by atoms with van der Waals surface area (Å²) in [5.74, 6) is 0. The minimum atomic E-state index is 0.326. The second-order valence-electron chi connectivity index (χ2n) is 5.85. The van der Waals surface area contributed by atoms with Gasteiger partial charge in [0.1, 0.15) is 0 Å². The first-order valence-electron chi connectivity index (χ1n) is 8.28. The molecule has 0 aromatic carbocycles. The maximum Gasteiger partial charge on any atom is 0.0566 e. The molecule has 0 atom stereocenters. The lowest BCUT2D eigenvalue weighted by Gasteiger charge is -2.40. The Kier molecular flexibility index (Phi) is 9.69. The molecule has 0 aliphatic carbocycles. The SMILES string of the molecule is CCCCC=CCCC=CCCOCC1(CC)COC1. The van der Waals surface area contributed by atoms with Gasteiger partial charge in [-0.05, 0) is 32.1 Å².